The first kappa shape index (κ1) is 17.6. The van der Waals surface area contributed by atoms with E-state index in [9.17, 15) is 4.79 Å². The maximum absolute atomic E-state index is 12.2. The average molecular weight is 319 g/mol. The van der Waals surface area contributed by atoms with E-state index in [-0.39, 0.29) is 12.5 Å². The summed E-state index contributed by atoms with van der Waals surface area (Å²) in [7, 11) is 1.61. The molecule has 4 nitrogen and oxygen atoms in total. The Kier molecular flexibility index (Phi) is 6.75. The van der Waals surface area contributed by atoms with E-state index >= 15 is 0 Å². The monoisotopic (exact) mass is 319 g/mol. The van der Waals surface area contributed by atoms with E-state index in [2.05, 4.69) is 12.2 Å². The highest BCUT2D eigenvalue weighted by molar-refractivity contribution is 5.78. The van der Waals surface area contributed by atoms with Crippen molar-refractivity contribution in [2.24, 2.45) is 5.92 Å². The molecule has 2 unspecified atom stereocenters. The van der Waals surface area contributed by atoms with Crippen molar-refractivity contribution in [1.82, 2.24) is 5.32 Å². The zero-order valence-electron chi connectivity index (χ0n) is 14.6. The van der Waals surface area contributed by atoms with E-state index < -0.39 is 0 Å². The van der Waals surface area contributed by atoms with Crippen molar-refractivity contribution >= 4 is 5.91 Å². The number of hydrogen-bond acceptors (Lipinski definition) is 3. The largest absolute Gasteiger partial charge is 0.493 e. The molecule has 1 aliphatic rings. The van der Waals surface area contributed by atoms with E-state index in [1.54, 1.807) is 7.11 Å². The molecular weight excluding hydrogens is 290 g/mol. The van der Waals surface area contributed by atoms with Crippen molar-refractivity contribution in [2.45, 2.75) is 58.4 Å². The van der Waals surface area contributed by atoms with Crippen LogP contribution in [0.5, 0.6) is 11.5 Å². The van der Waals surface area contributed by atoms with Gasteiger partial charge in [0.15, 0.2) is 18.1 Å². The zero-order valence-corrected chi connectivity index (χ0v) is 14.6. The number of hydrogen-bond donors (Lipinski definition) is 1. The molecule has 0 spiro atoms. The molecule has 1 N–H and O–H groups in total. The first-order chi connectivity index (χ1) is 11.1. The summed E-state index contributed by atoms with van der Waals surface area (Å²) in [5.74, 6) is 1.87. The number of unbranched alkanes of at least 4 members (excludes halogenated alkanes) is 1. The lowest BCUT2D eigenvalue weighted by molar-refractivity contribution is -0.124. The van der Waals surface area contributed by atoms with Gasteiger partial charge in [-0.3, -0.25) is 4.79 Å². The van der Waals surface area contributed by atoms with Crippen LogP contribution < -0.4 is 14.8 Å². The van der Waals surface area contributed by atoms with E-state index in [4.69, 9.17) is 9.47 Å². The van der Waals surface area contributed by atoms with Gasteiger partial charge in [0.25, 0.3) is 5.91 Å². The lowest BCUT2D eigenvalue weighted by Crippen LogP contribution is -2.40. The van der Waals surface area contributed by atoms with Gasteiger partial charge in [-0.05, 0) is 49.8 Å². The SMILES string of the molecule is CCCCC1CCCC1NC(=O)COc1ccc(C)cc1OC. The van der Waals surface area contributed by atoms with Crippen molar-refractivity contribution in [1.29, 1.82) is 0 Å². The van der Waals surface area contributed by atoms with Crippen molar-refractivity contribution in [3.05, 3.63) is 23.8 Å². The summed E-state index contributed by atoms with van der Waals surface area (Å²) >= 11 is 0. The number of ether oxygens (including phenoxy) is 2. The minimum Gasteiger partial charge on any atom is -0.493 e. The molecule has 4 heteroatoms. The van der Waals surface area contributed by atoms with Crippen LogP contribution in [0, 0.1) is 12.8 Å². The molecule has 0 heterocycles. The molecular formula is C19H29NO3. The molecule has 23 heavy (non-hydrogen) atoms. The number of carbonyl (C=O) groups is 1. The molecule has 2 atom stereocenters. The molecule has 1 aromatic carbocycles. The van der Waals surface area contributed by atoms with Gasteiger partial charge >= 0.3 is 0 Å². The molecule has 0 saturated heterocycles. The lowest BCUT2D eigenvalue weighted by atomic mass is 9.97. The summed E-state index contributed by atoms with van der Waals surface area (Å²) in [6.07, 6.45) is 7.22. The predicted octanol–water partition coefficient (Wildman–Crippen LogP) is 3.86. The molecule has 1 amide bonds. The van der Waals surface area contributed by atoms with Crippen LogP contribution >= 0.6 is 0 Å². The fourth-order valence-electron chi connectivity index (χ4n) is 3.32. The van der Waals surface area contributed by atoms with E-state index in [1.807, 2.05) is 25.1 Å². The second-order valence-electron chi connectivity index (χ2n) is 6.45. The average Bonchev–Trinajstić information content (AvgIpc) is 2.98. The lowest BCUT2D eigenvalue weighted by Gasteiger charge is -2.21. The maximum atomic E-state index is 12.2. The maximum Gasteiger partial charge on any atom is 0.258 e. The third-order valence-electron chi connectivity index (χ3n) is 4.61. The third-order valence-corrected chi connectivity index (χ3v) is 4.61. The molecule has 0 aromatic heterocycles. The molecule has 128 valence electrons. The van der Waals surface area contributed by atoms with Gasteiger partial charge in [-0.1, -0.05) is 32.3 Å². The molecule has 1 aromatic rings. The minimum absolute atomic E-state index is 0.0381. The number of rotatable bonds is 8. The number of methoxy groups -OCH3 is 1. The number of carbonyl (C=O) groups excluding carboxylic acids is 1. The van der Waals surface area contributed by atoms with Crippen LogP contribution in [-0.4, -0.2) is 25.7 Å². The smallest absolute Gasteiger partial charge is 0.258 e. The molecule has 0 bridgehead atoms. The number of aryl methyl sites for hydroxylation is 1. The molecule has 2 rings (SSSR count). The third kappa shape index (κ3) is 5.15. The predicted molar refractivity (Wildman–Crippen MR) is 92.0 cm³/mol. The second-order valence-corrected chi connectivity index (χ2v) is 6.45. The normalized spacial score (nSPS) is 20.3. The van der Waals surface area contributed by atoms with Crippen LogP contribution in [-0.2, 0) is 4.79 Å². The van der Waals surface area contributed by atoms with Gasteiger partial charge in [0.05, 0.1) is 7.11 Å². The summed E-state index contributed by atoms with van der Waals surface area (Å²) in [6.45, 7) is 4.25. The highest BCUT2D eigenvalue weighted by Crippen LogP contribution is 2.30. The standard InChI is InChI=1S/C19H29NO3/c1-4-5-7-15-8-6-9-16(15)20-19(21)13-23-17-11-10-14(2)12-18(17)22-3/h10-12,15-16H,4-9,13H2,1-3H3,(H,20,21). The summed E-state index contributed by atoms with van der Waals surface area (Å²) in [4.78, 5) is 12.2. The Morgan fingerprint density at radius 3 is 2.87 bits per heavy atom. The number of amides is 1. The van der Waals surface area contributed by atoms with Gasteiger partial charge in [0.2, 0.25) is 0 Å². The first-order valence-electron chi connectivity index (χ1n) is 8.70. The van der Waals surface area contributed by atoms with Crippen LogP contribution in [0.2, 0.25) is 0 Å². The van der Waals surface area contributed by atoms with Gasteiger partial charge in [0.1, 0.15) is 0 Å². The second kappa shape index (κ2) is 8.80. The number of nitrogens with one attached hydrogen (secondary N) is 1. The van der Waals surface area contributed by atoms with Crippen LogP contribution in [0.25, 0.3) is 0 Å². The first-order valence-corrected chi connectivity index (χ1v) is 8.70. The Balaban J connectivity index is 1.83. The van der Waals surface area contributed by atoms with Crippen LogP contribution in [0.15, 0.2) is 18.2 Å². The quantitative estimate of drug-likeness (QED) is 0.791. The van der Waals surface area contributed by atoms with Gasteiger partial charge in [0, 0.05) is 6.04 Å². The molecule has 1 fully saturated rings. The molecule has 0 radical (unpaired) electrons. The highest BCUT2D eigenvalue weighted by Gasteiger charge is 2.27. The topological polar surface area (TPSA) is 47.6 Å². The molecule has 1 aliphatic carbocycles. The van der Waals surface area contributed by atoms with Crippen LogP contribution in [0.4, 0.5) is 0 Å². The Labute approximate surface area is 139 Å². The van der Waals surface area contributed by atoms with E-state index in [0.29, 0.717) is 23.5 Å². The molecule has 0 aliphatic heterocycles. The van der Waals surface area contributed by atoms with E-state index in [1.165, 1.54) is 32.1 Å². The van der Waals surface area contributed by atoms with Crippen LogP contribution in [0.1, 0.15) is 51.0 Å². The van der Waals surface area contributed by atoms with Crippen molar-refractivity contribution in [3.63, 3.8) is 0 Å². The van der Waals surface area contributed by atoms with Gasteiger partial charge in [-0.25, -0.2) is 0 Å². The highest BCUT2D eigenvalue weighted by atomic mass is 16.5. The fourth-order valence-corrected chi connectivity index (χ4v) is 3.32. The molecule has 1 saturated carbocycles. The van der Waals surface area contributed by atoms with Gasteiger partial charge in [-0.15, -0.1) is 0 Å². The number of benzene rings is 1. The zero-order chi connectivity index (χ0) is 16.7. The van der Waals surface area contributed by atoms with Crippen molar-refractivity contribution in [3.8, 4) is 11.5 Å². The van der Waals surface area contributed by atoms with Gasteiger partial charge < -0.3 is 14.8 Å². The Morgan fingerprint density at radius 2 is 2.13 bits per heavy atom. The van der Waals surface area contributed by atoms with Gasteiger partial charge in [-0.2, -0.15) is 0 Å². The van der Waals surface area contributed by atoms with Crippen LogP contribution in [0.3, 0.4) is 0 Å². The Morgan fingerprint density at radius 1 is 1.30 bits per heavy atom. The Hall–Kier alpha value is -1.71. The van der Waals surface area contributed by atoms with Crippen molar-refractivity contribution in [2.75, 3.05) is 13.7 Å². The fraction of sp³-hybridized carbons (Fsp3) is 0.632. The summed E-state index contributed by atoms with van der Waals surface area (Å²) in [5, 5.41) is 3.15. The summed E-state index contributed by atoms with van der Waals surface area (Å²) < 4.78 is 10.9. The summed E-state index contributed by atoms with van der Waals surface area (Å²) in [5.41, 5.74) is 1.10. The summed E-state index contributed by atoms with van der Waals surface area (Å²) in [6, 6.07) is 6.03. The Bertz CT molecular complexity index is 515. The van der Waals surface area contributed by atoms with E-state index in [0.717, 1.165) is 12.0 Å². The van der Waals surface area contributed by atoms with Crippen molar-refractivity contribution < 1.29 is 14.3 Å². The minimum atomic E-state index is -0.0407.